The van der Waals surface area contributed by atoms with Gasteiger partial charge in [-0.3, -0.25) is 0 Å². The van der Waals surface area contributed by atoms with E-state index in [4.69, 9.17) is 0 Å². The number of halogens is 3. The molecule has 3 rings (SSSR count). The van der Waals surface area contributed by atoms with Crippen molar-refractivity contribution in [2.24, 2.45) is 0 Å². The topological polar surface area (TPSA) is 64.9 Å². The zero-order chi connectivity index (χ0) is 19.9. The summed E-state index contributed by atoms with van der Waals surface area (Å²) in [5.74, 6) is -0.687. The molecule has 3 aromatic rings. The number of aromatic nitrogens is 4. The Labute approximate surface area is 160 Å². The third kappa shape index (κ3) is 5.21. The highest BCUT2D eigenvalue weighted by Gasteiger charge is 2.12. The Morgan fingerprint density at radius 3 is 2.82 bits per heavy atom. The number of pyridine rings is 1. The molecule has 2 aromatic heterocycles. The van der Waals surface area contributed by atoms with Crippen LogP contribution in [0.2, 0.25) is 0 Å². The van der Waals surface area contributed by atoms with Crippen LogP contribution >= 0.6 is 0 Å². The average Bonchev–Trinajstić information content (AvgIpc) is 3.15. The van der Waals surface area contributed by atoms with Crippen molar-refractivity contribution >= 4 is 5.82 Å². The summed E-state index contributed by atoms with van der Waals surface area (Å²) < 4.78 is 43.8. The van der Waals surface area contributed by atoms with Crippen molar-refractivity contribution in [2.45, 2.75) is 39.3 Å². The summed E-state index contributed by atoms with van der Waals surface area (Å²) in [6.45, 7) is -0.596. The van der Waals surface area contributed by atoms with Gasteiger partial charge in [0, 0.05) is 11.8 Å². The van der Waals surface area contributed by atoms with Crippen LogP contribution in [0.4, 0.5) is 19.0 Å². The normalized spacial score (nSPS) is 11.0. The fourth-order valence-corrected chi connectivity index (χ4v) is 2.58. The minimum absolute atomic E-state index is 0.357. The summed E-state index contributed by atoms with van der Waals surface area (Å²) in [4.78, 5) is 4.54. The first-order valence-electron chi connectivity index (χ1n) is 8.91. The molecule has 2 heterocycles. The molecule has 0 aliphatic rings. The number of nitrogens with zero attached hydrogens (tertiary/aromatic N) is 4. The largest absolute Gasteiger partial charge is 0.432 e. The Morgan fingerprint density at radius 1 is 1.18 bits per heavy atom. The number of benzene rings is 1. The van der Waals surface area contributed by atoms with Crippen LogP contribution < -0.4 is 10.1 Å². The molecule has 0 atom stereocenters. The zero-order valence-electron chi connectivity index (χ0n) is 15.3. The number of unbranched alkanes of at least 4 members (excludes halogenated alkanes) is 1. The van der Waals surface area contributed by atoms with Gasteiger partial charge in [0.05, 0.1) is 18.4 Å². The van der Waals surface area contributed by atoms with E-state index < -0.39 is 18.2 Å². The number of ether oxygens (including phenoxy) is 1. The third-order valence-electron chi connectivity index (χ3n) is 3.98. The molecule has 0 radical (unpaired) electrons. The van der Waals surface area contributed by atoms with E-state index in [-0.39, 0.29) is 0 Å². The van der Waals surface area contributed by atoms with Crippen LogP contribution in [0.3, 0.4) is 0 Å². The molecular formula is C19H20F3N5O. The van der Waals surface area contributed by atoms with Crippen molar-refractivity contribution < 1.29 is 17.9 Å². The van der Waals surface area contributed by atoms with Crippen molar-refractivity contribution in [3.63, 3.8) is 0 Å². The number of hydrogen-bond acceptors (Lipinski definition) is 5. The van der Waals surface area contributed by atoms with Crippen LogP contribution in [0.5, 0.6) is 5.75 Å². The van der Waals surface area contributed by atoms with E-state index in [0.717, 1.165) is 42.9 Å². The fourth-order valence-electron chi connectivity index (χ4n) is 2.58. The second-order valence-electron chi connectivity index (χ2n) is 6.12. The van der Waals surface area contributed by atoms with Crippen LogP contribution in [0.1, 0.15) is 31.2 Å². The fraction of sp³-hybridized carbons (Fsp3) is 0.316. The van der Waals surface area contributed by atoms with Gasteiger partial charge in [-0.05, 0) is 37.1 Å². The highest BCUT2D eigenvalue weighted by Crippen LogP contribution is 2.22. The lowest BCUT2D eigenvalue weighted by Gasteiger charge is -2.07. The Hall–Kier alpha value is -3.10. The number of hydrogen-bond donors (Lipinski definition) is 1. The molecule has 1 N–H and O–H groups in total. The molecule has 0 fully saturated rings. The summed E-state index contributed by atoms with van der Waals surface area (Å²) in [7, 11) is 0. The highest BCUT2D eigenvalue weighted by molar-refractivity contribution is 5.40. The summed E-state index contributed by atoms with van der Waals surface area (Å²) in [6.07, 6.45) is 4.73. The minimum atomic E-state index is -3.11. The van der Waals surface area contributed by atoms with Crippen molar-refractivity contribution in [2.75, 3.05) is 5.32 Å². The van der Waals surface area contributed by atoms with Gasteiger partial charge >= 0.3 is 6.61 Å². The van der Waals surface area contributed by atoms with Gasteiger partial charge in [-0.2, -0.15) is 8.78 Å². The molecule has 0 aliphatic carbocycles. The summed E-state index contributed by atoms with van der Waals surface area (Å²) >= 11 is 0. The summed E-state index contributed by atoms with van der Waals surface area (Å²) in [5, 5.41) is 11.2. The third-order valence-corrected chi connectivity index (χ3v) is 3.98. The van der Waals surface area contributed by atoms with Crippen LogP contribution in [-0.2, 0) is 13.0 Å². The summed E-state index contributed by atoms with van der Waals surface area (Å²) in [6, 6.07) is 9.39. The molecule has 0 spiro atoms. The second kappa shape index (κ2) is 9.20. The van der Waals surface area contributed by atoms with Crippen molar-refractivity contribution in [1.29, 1.82) is 0 Å². The SMILES string of the molecule is CCCCc1cccc(NCc2cn(-c3ccc(F)c(OC(F)F)c3)nn2)n1. The highest BCUT2D eigenvalue weighted by atomic mass is 19.3. The molecule has 1 aromatic carbocycles. The molecule has 28 heavy (non-hydrogen) atoms. The van der Waals surface area contributed by atoms with Crippen LogP contribution in [0.15, 0.2) is 42.6 Å². The van der Waals surface area contributed by atoms with Crippen molar-refractivity contribution in [3.8, 4) is 11.4 Å². The minimum Gasteiger partial charge on any atom is -0.432 e. The standard InChI is InChI=1S/C19H20F3N5O/c1-2-3-5-13-6-4-7-18(24-13)23-11-14-12-27(26-25-14)15-8-9-16(20)17(10-15)28-19(21)22/h4,6-10,12,19H,2-3,5,11H2,1H3,(H,23,24). The molecule has 148 valence electrons. The molecule has 0 unspecified atom stereocenters. The van der Waals surface area contributed by atoms with Gasteiger partial charge in [0.1, 0.15) is 11.5 Å². The predicted molar refractivity (Wildman–Crippen MR) is 98.1 cm³/mol. The lowest BCUT2D eigenvalue weighted by atomic mass is 10.2. The first kappa shape index (κ1) is 19.7. The Bertz CT molecular complexity index is 916. The van der Waals surface area contributed by atoms with E-state index in [1.807, 2.05) is 18.2 Å². The smallest absolute Gasteiger partial charge is 0.387 e. The van der Waals surface area contributed by atoms with E-state index in [9.17, 15) is 13.2 Å². The Morgan fingerprint density at radius 2 is 2.04 bits per heavy atom. The number of alkyl halides is 2. The first-order valence-corrected chi connectivity index (χ1v) is 8.91. The maximum atomic E-state index is 13.5. The molecule has 0 amide bonds. The second-order valence-corrected chi connectivity index (χ2v) is 6.12. The zero-order valence-corrected chi connectivity index (χ0v) is 15.3. The molecule has 6 nitrogen and oxygen atoms in total. The van der Waals surface area contributed by atoms with Crippen LogP contribution in [0, 0.1) is 5.82 Å². The molecule has 0 saturated carbocycles. The molecule has 0 bridgehead atoms. The van der Waals surface area contributed by atoms with E-state index in [0.29, 0.717) is 17.9 Å². The van der Waals surface area contributed by atoms with Gasteiger partial charge in [0.15, 0.2) is 11.6 Å². The number of aryl methyl sites for hydroxylation is 1. The van der Waals surface area contributed by atoms with Gasteiger partial charge in [-0.25, -0.2) is 14.1 Å². The van der Waals surface area contributed by atoms with E-state index in [1.54, 1.807) is 6.20 Å². The van der Waals surface area contributed by atoms with Crippen LogP contribution in [0.25, 0.3) is 5.69 Å². The van der Waals surface area contributed by atoms with Gasteiger partial charge < -0.3 is 10.1 Å². The van der Waals surface area contributed by atoms with E-state index in [1.165, 1.54) is 10.7 Å². The van der Waals surface area contributed by atoms with Gasteiger partial charge in [0.2, 0.25) is 0 Å². The summed E-state index contributed by atoms with van der Waals surface area (Å²) in [5.41, 5.74) is 1.99. The monoisotopic (exact) mass is 391 g/mol. The first-order chi connectivity index (χ1) is 13.5. The predicted octanol–water partition coefficient (Wildman–Crippen LogP) is 4.36. The lowest BCUT2D eigenvalue weighted by Crippen LogP contribution is -2.05. The maximum Gasteiger partial charge on any atom is 0.387 e. The Kier molecular flexibility index (Phi) is 6.46. The maximum absolute atomic E-state index is 13.5. The van der Waals surface area contributed by atoms with Crippen molar-refractivity contribution in [1.82, 2.24) is 20.0 Å². The molecule has 0 saturated heterocycles. The molecular weight excluding hydrogens is 371 g/mol. The van der Waals surface area contributed by atoms with Gasteiger partial charge in [-0.15, -0.1) is 5.10 Å². The number of anilines is 1. The average molecular weight is 391 g/mol. The van der Waals surface area contributed by atoms with E-state index in [2.05, 4.69) is 32.3 Å². The lowest BCUT2D eigenvalue weighted by molar-refractivity contribution is -0.0521. The van der Waals surface area contributed by atoms with E-state index >= 15 is 0 Å². The quantitative estimate of drug-likeness (QED) is 0.587. The van der Waals surface area contributed by atoms with Gasteiger partial charge in [0.25, 0.3) is 0 Å². The van der Waals surface area contributed by atoms with Crippen molar-refractivity contribution in [3.05, 3.63) is 59.8 Å². The number of rotatable bonds is 9. The van der Waals surface area contributed by atoms with Gasteiger partial charge in [-0.1, -0.05) is 24.6 Å². The Balaban J connectivity index is 1.66. The van der Waals surface area contributed by atoms with Crippen LogP contribution in [-0.4, -0.2) is 26.6 Å². The molecule has 0 aliphatic heterocycles. The molecule has 9 heteroatoms. The number of nitrogens with one attached hydrogen (secondary N) is 1.